The van der Waals surface area contributed by atoms with Crippen LogP contribution in [0, 0.1) is 11.3 Å². The van der Waals surface area contributed by atoms with Gasteiger partial charge in [0, 0.05) is 18.0 Å². The van der Waals surface area contributed by atoms with E-state index in [1.165, 1.54) is 36.7 Å². The first-order chi connectivity index (χ1) is 10.1. The van der Waals surface area contributed by atoms with Crippen LogP contribution in [-0.2, 0) is 0 Å². The highest BCUT2D eigenvalue weighted by Crippen LogP contribution is 2.04. The van der Waals surface area contributed by atoms with E-state index in [0.717, 1.165) is 0 Å². The number of aromatic nitrogens is 2. The predicted molar refractivity (Wildman–Crippen MR) is 72.5 cm³/mol. The zero-order chi connectivity index (χ0) is 15.2. The van der Waals surface area contributed by atoms with E-state index in [1.807, 2.05) is 6.07 Å². The number of hydrogen-bond donors (Lipinski definition) is 3. The van der Waals surface area contributed by atoms with Gasteiger partial charge in [-0.25, -0.2) is 9.97 Å². The maximum absolute atomic E-state index is 11.8. The van der Waals surface area contributed by atoms with E-state index in [2.05, 4.69) is 20.8 Å². The maximum atomic E-state index is 11.8. The lowest BCUT2D eigenvalue weighted by Crippen LogP contribution is -2.42. The Labute approximate surface area is 119 Å². The first-order valence-electron chi connectivity index (χ1n) is 5.79. The summed E-state index contributed by atoms with van der Waals surface area (Å²) in [4.78, 5) is 31.0. The van der Waals surface area contributed by atoms with Crippen LogP contribution in [0.3, 0.4) is 0 Å². The van der Waals surface area contributed by atoms with Gasteiger partial charge in [-0.2, -0.15) is 5.26 Å². The first kappa shape index (κ1) is 14.0. The Morgan fingerprint density at radius 1 is 1.05 bits per heavy atom. The van der Waals surface area contributed by atoms with Gasteiger partial charge in [-0.05, 0) is 24.3 Å². The lowest BCUT2D eigenvalue weighted by atomic mass is 10.1. The number of anilines is 1. The number of carbonyl (C=O) groups excluding carboxylic acids is 2. The van der Waals surface area contributed by atoms with Gasteiger partial charge in [0.15, 0.2) is 11.5 Å². The van der Waals surface area contributed by atoms with Crippen molar-refractivity contribution in [1.29, 1.82) is 5.26 Å². The van der Waals surface area contributed by atoms with Crippen LogP contribution in [-0.4, -0.2) is 21.8 Å². The molecule has 104 valence electrons. The third-order valence-electron chi connectivity index (χ3n) is 2.51. The molecular weight excluding hydrogens is 272 g/mol. The van der Waals surface area contributed by atoms with Gasteiger partial charge in [0.1, 0.15) is 0 Å². The van der Waals surface area contributed by atoms with Gasteiger partial charge in [-0.3, -0.25) is 20.4 Å². The SMILES string of the molecule is N#Cc1ccc(C(=O)NNC(=O)c2nccnc2N)cc1. The van der Waals surface area contributed by atoms with Gasteiger partial charge in [0.05, 0.1) is 11.6 Å². The number of nitrogens with two attached hydrogens (primary N) is 1. The minimum Gasteiger partial charge on any atom is -0.382 e. The molecule has 0 radical (unpaired) electrons. The highest BCUT2D eigenvalue weighted by molar-refractivity contribution is 6.00. The molecule has 1 heterocycles. The second-order valence-corrected chi connectivity index (χ2v) is 3.89. The minimum absolute atomic E-state index is 0.0392. The third-order valence-corrected chi connectivity index (χ3v) is 2.51. The molecule has 0 aliphatic heterocycles. The monoisotopic (exact) mass is 282 g/mol. The summed E-state index contributed by atoms with van der Waals surface area (Å²) in [5, 5.41) is 8.66. The molecule has 8 heteroatoms. The molecule has 8 nitrogen and oxygen atoms in total. The molecule has 0 fully saturated rings. The molecule has 0 unspecified atom stereocenters. The molecule has 0 aliphatic carbocycles. The number of carbonyl (C=O) groups is 2. The number of amides is 2. The summed E-state index contributed by atoms with van der Waals surface area (Å²) in [6, 6.07) is 7.87. The average Bonchev–Trinajstić information content (AvgIpc) is 2.52. The van der Waals surface area contributed by atoms with E-state index in [9.17, 15) is 9.59 Å². The molecule has 0 saturated carbocycles. The minimum atomic E-state index is -0.678. The molecule has 2 rings (SSSR count). The molecule has 0 bridgehead atoms. The van der Waals surface area contributed by atoms with Crippen molar-refractivity contribution in [2.45, 2.75) is 0 Å². The number of nitrogens with one attached hydrogen (secondary N) is 2. The van der Waals surface area contributed by atoms with E-state index in [-0.39, 0.29) is 11.5 Å². The number of hydrazine groups is 1. The number of benzene rings is 1. The second kappa shape index (κ2) is 6.12. The molecule has 4 N–H and O–H groups in total. The van der Waals surface area contributed by atoms with E-state index < -0.39 is 11.8 Å². The smallest absolute Gasteiger partial charge is 0.292 e. The van der Waals surface area contributed by atoms with Crippen LogP contribution in [0.15, 0.2) is 36.7 Å². The maximum Gasteiger partial charge on any atom is 0.292 e. The van der Waals surface area contributed by atoms with E-state index in [0.29, 0.717) is 11.1 Å². The quantitative estimate of drug-likeness (QED) is 0.664. The topological polar surface area (TPSA) is 134 Å². The van der Waals surface area contributed by atoms with Crippen LogP contribution in [0.2, 0.25) is 0 Å². The van der Waals surface area contributed by atoms with Crippen molar-refractivity contribution in [3.63, 3.8) is 0 Å². The summed E-state index contributed by atoms with van der Waals surface area (Å²) in [6.07, 6.45) is 2.66. The van der Waals surface area contributed by atoms with Gasteiger partial charge in [0.2, 0.25) is 0 Å². The zero-order valence-electron chi connectivity index (χ0n) is 10.7. The fraction of sp³-hybridized carbons (Fsp3) is 0. The summed E-state index contributed by atoms with van der Waals surface area (Å²) in [6.45, 7) is 0. The van der Waals surface area contributed by atoms with Crippen molar-refractivity contribution >= 4 is 17.6 Å². The number of nitriles is 1. The van der Waals surface area contributed by atoms with Crippen LogP contribution in [0.4, 0.5) is 5.82 Å². The van der Waals surface area contributed by atoms with Gasteiger partial charge in [-0.15, -0.1) is 0 Å². The largest absolute Gasteiger partial charge is 0.382 e. The van der Waals surface area contributed by atoms with Crippen molar-refractivity contribution in [3.05, 3.63) is 53.5 Å². The summed E-state index contributed by atoms with van der Waals surface area (Å²) in [7, 11) is 0. The number of nitrogens with zero attached hydrogens (tertiary/aromatic N) is 3. The Bertz CT molecular complexity index is 720. The Kier molecular flexibility index (Phi) is 4.06. The fourth-order valence-corrected chi connectivity index (χ4v) is 1.46. The predicted octanol–water partition coefficient (Wildman–Crippen LogP) is 0.00528. The molecule has 2 amide bonds. The van der Waals surface area contributed by atoms with E-state index in [1.54, 1.807) is 0 Å². The molecule has 2 aromatic rings. The highest BCUT2D eigenvalue weighted by atomic mass is 16.2. The normalized spacial score (nSPS) is 9.48. The number of rotatable bonds is 2. The number of nitrogen functional groups attached to an aromatic ring is 1. The van der Waals surface area contributed by atoms with Gasteiger partial charge >= 0.3 is 0 Å². The Hall–Kier alpha value is -3.47. The first-order valence-corrected chi connectivity index (χ1v) is 5.79. The Balaban J connectivity index is 1.99. The van der Waals surface area contributed by atoms with Crippen LogP contribution in [0.1, 0.15) is 26.4 Å². The lowest BCUT2D eigenvalue weighted by molar-refractivity contribution is 0.0844. The van der Waals surface area contributed by atoms with Gasteiger partial charge in [0.25, 0.3) is 11.8 Å². The van der Waals surface area contributed by atoms with Crippen molar-refractivity contribution in [2.24, 2.45) is 0 Å². The van der Waals surface area contributed by atoms with Crippen LogP contribution < -0.4 is 16.6 Å². The molecule has 0 spiro atoms. The zero-order valence-corrected chi connectivity index (χ0v) is 10.7. The summed E-state index contributed by atoms with van der Waals surface area (Å²) in [5.41, 5.74) is 10.5. The van der Waals surface area contributed by atoms with Crippen molar-refractivity contribution in [1.82, 2.24) is 20.8 Å². The summed E-state index contributed by atoms with van der Waals surface area (Å²) in [5.74, 6) is -1.25. The average molecular weight is 282 g/mol. The fourth-order valence-electron chi connectivity index (χ4n) is 1.46. The number of hydrogen-bond acceptors (Lipinski definition) is 6. The standard InChI is InChI=1S/C13H10N6O2/c14-7-8-1-3-9(4-2-8)12(20)18-19-13(21)10-11(15)17-6-5-16-10/h1-6H,(H2,15,17)(H,18,20)(H,19,21). The Morgan fingerprint density at radius 3 is 2.29 bits per heavy atom. The summed E-state index contributed by atoms with van der Waals surface area (Å²) < 4.78 is 0. The van der Waals surface area contributed by atoms with E-state index >= 15 is 0 Å². The van der Waals surface area contributed by atoms with Gasteiger partial charge < -0.3 is 5.73 Å². The van der Waals surface area contributed by atoms with Crippen LogP contribution in [0.5, 0.6) is 0 Å². The van der Waals surface area contributed by atoms with Crippen LogP contribution >= 0.6 is 0 Å². The molecular formula is C13H10N6O2. The Morgan fingerprint density at radius 2 is 1.67 bits per heavy atom. The third kappa shape index (κ3) is 3.30. The molecule has 1 aromatic carbocycles. The van der Waals surface area contributed by atoms with Gasteiger partial charge in [-0.1, -0.05) is 0 Å². The lowest BCUT2D eigenvalue weighted by Gasteiger charge is -2.07. The molecule has 21 heavy (non-hydrogen) atoms. The molecule has 1 aromatic heterocycles. The van der Waals surface area contributed by atoms with Crippen molar-refractivity contribution in [2.75, 3.05) is 5.73 Å². The highest BCUT2D eigenvalue weighted by Gasteiger charge is 2.13. The van der Waals surface area contributed by atoms with E-state index in [4.69, 9.17) is 11.0 Å². The second-order valence-electron chi connectivity index (χ2n) is 3.89. The molecule has 0 saturated heterocycles. The molecule has 0 atom stereocenters. The van der Waals surface area contributed by atoms with Crippen molar-refractivity contribution < 1.29 is 9.59 Å². The summed E-state index contributed by atoms with van der Waals surface area (Å²) >= 11 is 0. The molecule has 0 aliphatic rings. The van der Waals surface area contributed by atoms with Crippen LogP contribution in [0.25, 0.3) is 0 Å². The van der Waals surface area contributed by atoms with Crippen molar-refractivity contribution in [3.8, 4) is 6.07 Å².